The van der Waals surface area contributed by atoms with E-state index in [4.69, 9.17) is 18.9 Å². The maximum absolute atomic E-state index is 11.9. The first-order chi connectivity index (χ1) is 10.7. The van der Waals surface area contributed by atoms with E-state index < -0.39 is 6.35 Å². The molecule has 1 aliphatic heterocycles. The van der Waals surface area contributed by atoms with Gasteiger partial charge in [0.05, 0.1) is 32.8 Å². The SMILES string of the molecule is CCOCCOCCC(=O)OC1N(C)C=CN1CCOCC. The van der Waals surface area contributed by atoms with Gasteiger partial charge in [-0.25, -0.2) is 0 Å². The van der Waals surface area contributed by atoms with E-state index in [2.05, 4.69) is 0 Å². The number of rotatable bonds is 12. The molecule has 22 heavy (non-hydrogen) atoms. The van der Waals surface area contributed by atoms with Crippen LogP contribution in [0.5, 0.6) is 0 Å². The summed E-state index contributed by atoms with van der Waals surface area (Å²) in [5.74, 6) is -0.279. The summed E-state index contributed by atoms with van der Waals surface area (Å²) in [4.78, 5) is 15.6. The Morgan fingerprint density at radius 1 is 1.00 bits per heavy atom. The lowest BCUT2D eigenvalue weighted by molar-refractivity contribution is -0.169. The second-order valence-corrected chi connectivity index (χ2v) is 4.77. The normalized spacial score (nSPS) is 17.3. The van der Waals surface area contributed by atoms with Gasteiger partial charge in [0.2, 0.25) is 0 Å². The molecule has 1 atom stereocenters. The van der Waals surface area contributed by atoms with Crippen LogP contribution >= 0.6 is 0 Å². The Morgan fingerprint density at radius 2 is 1.68 bits per heavy atom. The number of hydrogen-bond acceptors (Lipinski definition) is 7. The number of nitrogens with zero attached hydrogens (tertiary/aromatic N) is 2. The van der Waals surface area contributed by atoms with Crippen molar-refractivity contribution in [3.05, 3.63) is 12.4 Å². The summed E-state index contributed by atoms with van der Waals surface area (Å²) in [6.07, 6.45) is 3.60. The van der Waals surface area contributed by atoms with E-state index in [0.29, 0.717) is 46.2 Å². The average Bonchev–Trinajstić information content (AvgIpc) is 2.84. The molecule has 7 heteroatoms. The zero-order valence-corrected chi connectivity index (χ0v) is 13.8. The van der Waals surface area contributed by atoms with Crippen molar-refractivity contribution in [1.29, 1.82) is 0 Å². The predicted molar refractivity (Wildman–Crippen MR) is 81.9 cm³/mol. The highest BCUT2D eigenvalue weighted by Crippen LogP contribution is 2.15. The van der Waals surface area contributed by atoms with E-state index in [9.17, 15) is 4.79 Å². The fourth-order valence-electron chi connectivity index (χ4n) is 1.92. The van der Waals surface area contributed by atoms with Crippen molar-refractivity contribution >= 4 is 5.97 Å². The Morgan fingerprint density at radius 3 is 2.41 bits per heavy atom. The molecule has 0 aromatic carbocycles. The van der Waals surface area contributed by atoms with Gasteiger partial charge >= 0.3 is 5.97 Å². The Labute approximate surface area is 132 Å². The standard InChI is InChI=1S/C15H28N2O5/c1-4-19-11-9-17-8-7-16(3)15(17)22-14(18)6-10-21-13-12-20-5-2/h7-8,15H,4-6,9-13H2,1-3H3. The van der Waals surface area contributed by atoms with Gasteiger partial charge in [-0.15, -0.1) is 0 Å². The van der Waals surface area contributed by atoms with Gasteiger partial charge < -0.3 is 28.7 Å². The van der Waals surface area contributed by atoms with E-state index in [1.807, 2.05) is 43.1 Å². The van der Waals surface area contributed by atoms with Crippen LogP contribution in [-0.2, 0) is 23.7 Å². The first-order valence-corrected chi connectivity index (χ1v) is 7.77. The molecule has 1 heterocycles. The maximum Gasteiger partial charge on any atom is 0.311 e. The first-order valence-electron chi connectivity index (χ1n) is 7.77. The summed E-state index contributed by atoms with van der Waals surface area (Å²) in [6.45, 7) is 7.89. The molecule has 0 bridgehead atoms. The summed E-state index contributed by atoms with van der Waals surface area (Å²) in [5.41, 5.74) is 0. The summed E-state index contributed by atoms with van der Waals surface area (Å²) in [7, 11) is 1.87. The molecule has 0 saturated carbocycles. The van der Waals surface area contributed by atoms with Crippen LogP contribution in [0.1, 0.15) is 20.3 Å². The Balaban J connectivity index is 2.20. The monoisotopic (exact) mass is 316 g/mol. The molecule has 1 unspecified atom stereocenters. The molecule has 0 radical (unpaired) electrons. The van der Waals surface area contributed by atoms with Crippen LogP contribution in [0.15, 0.2) is 12.4 Å². The molecule has 1 aliphatic rings. The van der Waals surface area contributed by atoms with Crippen LogP contribution < -0.4 is 0 Å². The lowest BCUT2D eigenvalue weighted by Crippen LogP contribution is -2.42. The van der Waals surface area contributed by atoms with Gasteiger partial charge in [0.1, 0.15) is 0 Å². The van der Waals surface area contributed by atoms with Crippen LogP contribution in [-0.4, -0.2) is 75.4 Å². The molecule has 0 aromatic heterocycles. The number of ether oxygens (including phenoxy) is 4. The fourth-order valence-corrected chi connectivity index (χ4v) is 1.92. The molecule has 0 spiro atoms. The van der Waals surface area contributed by atoms with Gasteiger partial charge in [0, 0.05) is 39.2 Å². The molecule has 1 rings (SSSR count). The molecule has 0 N–H and O–H groups in total. The molecule has 0 fully saturated rings. The summed E-state index contributed by atoms with van der Waals surface area (Å²) < 4.78 is 21.3. The lowest BCUT2D eigenvalue weighted by atomic mass is 10.4. The van der Waals surface area contributed by atoms with Crippen molar-refractivity contribution in [3.8, 4) is 0 Å². The molecule has 7 nitrogen and oxygen atoms in total. The number of hydrogen-bond donors (Lipinski definition) is 0. The summed E-state index contributed by atoms with van der Waals surface area (Å²) >= 11 is 0. The molecular formula is C15H28N2O5. The fraction of sp³-hybridized carbons (Fsp3) is 0.800. The maximum atomic E-state index is 11.9. The van der Waals surface area contributed by atoms with Crippen LogP contribution in [0.4, 0.5) is 0 Å². The first kappa shape index (κ1) is 18.7. The number of carbonyl (C=O) groups is 1. The molecule has 0 aromatic rings. The summed E-state index contributed by atoms with van der Waals surface area (Å²) in [5, 5.41) is 0. The largest absolute Gasteiger partial charge is 0.422 e. The lowest BCUT2D eigenvalue weighted by Gasteiger charge is -2.29. The van der Waals surface area contributed by atoms with Crippen molar-refractivity contribution in [2.24, 2.45) is 0 Å². The highest BCUT2D eigenvalue weighted by atomic mass is 16.6. The minimum atomic E-state index is -0.406. The minimum Gasteiger partial charge on any atom is -0.422 e. The quantitative estimate of drug-likeness (QED) is 0.393. The molecular weight excluding hydrogens is 288 g/mol. The third-order valence-electron chi connectivity index (χ3n) is 3.09. The van der Waals surface area contributed by atoms with E-state index >= 15 is 0 Å². The highest BCUT2D eigenvalue weighted by Gasteiger charge is 2.26. The third-order valence-corrected chi connectivity index (χ3v) is 3.09. The van der Waals surface area contributed by atoms with Crippen LogP contribution in [0.3, 0.4) is 0 Å². The molecule has 0 amide bonds. The van der Waals surface area contributed by atoms with E-state index in [0.717, 1.165) is 0 Å². The highest BCUT2D eigenvalue weighted by molar-refractivity contribution is 5.69. The topological polar surface area (TPSA) is 60.5 Å². The van der Waals surface area contributed by atoms with Crippen LogP contribution in [0.25, 0.3) is 0 Å². The molecule has 128 valence electrons. The predicted octanol–water partition coefficient (Wildman–Crippen LogP) is 1.01. The second-order valence-electron chi connectivity index (χ2n) is 4.77. The number of esters is 1. The van der Waals surface area contributed by atoms with Crippen molar-refractivity contribution in [3.63, 3.8) is 0 Å². The van der Waals surface area contributed by atoms with Crippen LogP contribution in [0, 0.1) is 0 Å². The van der Waals surface area contributed by atoms with E-state index in [1.54, 1.807) is 0 Å². The van der Waals surface area contributed by atoms with Gasteiger partial charge in [-0.3, -0.25) is 4.79 Å². The summed E-state index contributed by atoms with van der Waals surface area (Å²) in [6, 6.07) is 0. The molecule has 0 saturated heterocycles. The smallest absolute Gasteiger partial charge is 0.311 e. The minimum absolute atomic E-state index is 0.232. The third kappa shape index (κ3) is 7.11. The van der Waals surface area contributed by atoms with Crippen molar-refractivity contribution in [1.82, 2.24) is 9.80 Å². The Kier molecular flexibility index (Phi) is 9.61. The zero-order chi connectivity index (χ0) is 16.2. The van der Waals surface area contributed by atoms with Gasteiger partial charge in [0.25, 0.3) is 6.35 Å². The van der Waals surface area contributed by atoms with Crippen molar-refractivity contribution in [2.45, 2.75) is 26.6 Å². The zero-order valence-electron chi connectivity index (χ0n) is 13.8. The second kappa shape index (κ2) is 11.3. The van der Waals surface area contributed by atoms with Gasteiger partial charge in [-0.2, -0.15) is 0 Å². The average molecular weight is 316 g/mol. The Hall–Kier alpha value is -1.31. The van der Waals surface area contributed by atoms with E-state index in [1.165, 1.54) is 0 Å². The number of carbonyl (C=O) groups excluding carboxylic acids is 1. The van der Waals surface area contributed by atoms with Crippen molar-refractivity contribution in [2.75, 3.05) is 53.2 Å². The molecule has 0 aliphatic carbocycles. The van der Waals surface area contributed by atoms with E-state index in [-0.39, 0.29) is 12.4 Å². The van der Waals surface area contributed by atoms with Crippen LogP contribution in [0.2, 0.25) is 0 Å². The van der Waals surface area contributed by atoms with Crippen molar-refractivity contribution < 1.29 is 23.7 Å². The van der Waals surface area contributed by atoms with Gasteiger partial charge in [0.15, 0.2) is 0 Å². The van der Waals surface area contributed by atoms with Gasteiger partial charge in [-0.1, -0.05) is 0 Å². The van der Waals surface area contributed by atoms with Gasteiger partial charge in [-0.05, 0) is 13.8 Å². The Bertz CT molecular complexity index is 338.